The van der Waals surface area contributed by atoms with E-state index in [1.807, 2.05) is 49.6 Å². The third-order valence-corrected chi connectivity index (χ3v) is 5.59. The number of aromatic nitrogens is 1. The van der Waals surface area contributed by atoms with E-state index in [0.29, 0.717) is 12.8 Å². The van der Waals surface area contributed by atoms with Gasteiger partial charge in [0.1, 0.15) is 17.1 Å². The van der Waals surface area contributed by atoms with E-state index in [-0.39, 0.29) is 11.9 Å². The van der Waals surface area contributed by atoms with E-state index in [1.54, 1.807) is 11.8 Å². The maximum atomic E-state index is 12.4. The summed E-state index contributed by atoms with van der Waals surface area (Å²) < 4.78 is 5.36. The molecule has 3 rings (SSSR count). The minimum atomic E-state index is -0.929. The van der Waals surface area contributed by atoms with Crippen molar-refractivity contribution in [1.82, 2.24) is 9.88 Å². The molecule has 27 heavy (non-hydrogen) atoms. The van der Waals surface area contributed by atoms with Gasteiger partial charge < -0.3 is 9.84 Å². The Bertz CT molecular complexity index is 805. The van der Waals surface area contributed by atoms with Crippen LogP contribution in [-0.4, -0.2) is 45.2 Å². The van der Waals surface area contributed by atoms with Gasteiger partial charge in [0.25, 0.3) is 0 Å². The summed E-state index contributed by atoms with van der Waals surface area (Å²) in [5, 5.41) is 12.5. The van der Waals surface area contributed by atoms with Crippen LogP contribution in [0, 0.1) is 5.92 Å². The van der Waals surface area contributed by atoms with Crippen LogP contribution in [0.2, 0.25) is 0 Å². The highest BCUT2D eigenvalue weighted by atomic mass is 32.1. The standard InChI is InChI=1S/C20H24N2O4S/c1-12(2)9-16(19(23)24)22-13(3)26-20(25)17(22)10-15-11-27-18(21-15)14-7-5-4-6-8-14/h4-8,11-13,16-17H,9-10H2,1-3H3,(H,23,24). The zero-order valence-corrected chi connectivity index (χ0v) is 16.5. The van der Waals surface area contributed by atoms with Gasteiger partial charge in [-0.2, -0.15) is 0 Å². The van der Waals surface area contributed by atoms with Gasteiger partial charge in [-0.1, -0.05) is 44.2 Å². The number of carboxylic acid groups (broad SMARTS) is 1. The van der Waals surface area contributed by atoms with Crippen LogP contribution in [0.1, 0.15) is 32.9 Å². The molecule has 3 atom stereocenters. The monoisotopic (exact) mass is 388 g/mol. The number of hydrogen-bond donors (Lipinski definition) is 1. The number of ether oxygens (including phenoxy) is 1. The van der Waals surface area contributed by atoms with Gasteiger partial charge in [-0.25, -0.2) is 9.88 Å². The Morgan fingerprint density at radius 3 is 2.67 bits per heavy atom. The molecule has 2 heterocycles. The Kier molecular flexibility index (Phi) is 5.92. The van der Waals surface area contributed by atoms with Crippen LogP contribution in [0.3, 0.4) is 0 Å². The number of thiazole rings is 1. The van der Waals surface area contributed by atoms with Crippen LogP contribution in [0.15, 0.2) is 35.7 Å². The summed E-state index contributed by atoms with van der Waals surface area (Å²) in [6, 6.07) is 8.45. The van der Waals surface area contributed by atoms with Crippen LogP contribution < -0.4 is 0 Å². The lowest BCUT2D eigenvalue weighted by molar-refractivity contribution is -0.148. The Morgan fingerprint density at radius 2 is 2.04 bits per heavy atom. The summed E-state index contributed by atoms with van der Waals surface area (Å²) in [5.41, 5.74) is 1.80. The van der Waals surface area contributed by atoms with Gasteiger partial charge in [-0.05, 0) is 19.3 Å². The highest BCUT2D eigenvalue weighted by Gasteiger charge is 2.46. The summed E-state index contributed by atoms with van der Waals surface area (Å²) >= 11 is 1.52. The first-order chi connectivity index (χ1) is 12.9. The number of aliphatic carboxylic acids is 1. The zero-order valence-electron chi connectivity index (χ0n) is 15.7. The summed E-state index contributed by atoms with van der Waals surface area (Å²) in [7, 11) is 0. The van der Waals surface area contributed by atoms with Crippen molar-refractivity contribution in [3.8, 4) is 10.6 Å². The van der Waals surface area contributed by atoms with Crippen LogP contribution in [0.4, 0.5) is 0 Å². The quantitative estimate of drug-likeness (QED) is 0.732. The molecular formula is C20H24N2O4S. The molecule has 0 amide bonds. The lowest BCUT2D eigenvalue weighted by Crippen LogP contribution is -2.50. The van der Waals surface area contributed by atoms with Crippen molar-refractivity contribution in [1.29, 1.82) is 0 Å². The van der Waals surface area contributed by atoms with E-state index < -0.39 is 24.3 Å². The summed E-state index contributed by atoms with van der Waals surface area (Å²) in [6.45, 7) is 5.67. The molecule has 1 saturated heterocycles. The van der Waals surface area contributed by atoms with E-state index in [2.05, 4.69) is 4.98 Å². The first kappa shape index (κ1) is 19.5. The molecule has 0 aliphatic carbocycles. The largest absolute Gasteiger partial charge is 0.480 e. The van der Waals surface area contributed by atoms with E-state index in [9.17, 15) is 14.7 Å². The molecule has 1 fully saturated rings. The van der Waals surface area contributed by atoms with Gasteiger partial charge in [0.15, 0.2) is 6.23 Å². The van der Waals surface area contributed by atoms with Crippen molar-refractivity contribution in [3.63, 3.8) is 0 Å². The molecule has 1 aromatic carbocycles. The van der Waals surface area contributed by atoms with Gasteiger partial charge in [0.2, 0.25) is 0 Å². The van der Waals surface area contributed by atoms with E-state index >= 15 is 0 Å². The smallest absolute Gasteiger partial charge is 0.325 e. The topological polar surface area (TPSA) is 79.7 Å². The zero-order chi connectivity index (χ0) is 19.6. The number of carboxylic acids is 1. The first-order valence-electron chi connectivity index (χ1n) is 9.07. The maximum Gasteiger partial charge on any atom is 0.325 e. The second-order valence-electron chi connectivity index (χ2n) is 7.20. The molecular weight excluding hydrogens is 364 g/mol. The lowest BCUT2D eigenvalue weighted by Gasteiger charge is -2.30. The third kappa shape index (κ3) is 4.36. The molecule has 1 N–H and O–H groups in total. The normalized spacial score (nSPS) is 21.4. The number of cyclic esters (lactones) is 1. The average Bonchev–Trinajstić information content (AvgIpc) is 3.19. The third-order valence-electron chi connectivity index (χ3n) is 4.65. The number of esters is 1. The molecule has 6 nitrogen and oxygen atoms in total. The van der Waals surface area contributed by atoms with Gasteiger partial charge in [0.05, 0.1) is 5.69 Å². The molecule has 0 radical (unpaired) electrons. The molecule has 3 unspecified atom stereocenters. The lowest BCUT2D eigenvalue weighted by atomic mass is 10.00. The highest BCUT2D eigenvalue weighted by molar-refractivity contribution is 7.13. The van der Waals surface area contributed by atoms with E-state index in [4.69, 9.17) is 4.74 Å². The van der Waals surface area contributed by atoms with Crippen molar-refractivity contribution in [2.75, 3.05) is 0 Å². The van der Waals surface area contributed by atoms with E-state index in [1.165, 1.54) is 11.3 Å². The minimum absolute atomic E-state index is 0.193. The molecule has 7 heteroatoms. The van der Waals surface area contributed by atoms with Gasteiger partial charge in [-0.3, -0.25) is 9.59 Å². The number of carbonyl (C=O) groups is 2. The summed E-state index contributed by atoms with van der Waals surface area (Å²) in [5.74, 6) is -1.12. The number of benzene rings is 1. The summed E-state index contributed by atoms with van der Waals surface area (Å²) in [6.07, 6.45) is 0.239. The Balaban J connectivity index is 1.82. The minimum Gasteiger partial charge on any atom is -0.480 e. The van der Waals surface area contributed by atoms with Gasteiger partial charge in [0, 0.05) is 17.4 Å². The Morgan fingerprint density at radius 1 is 1.33 bits per heavy atom. The van der Waals surface area contributed by atoms with Gasteiger partial charge >= 0.3 is 11.9 Å². The molecule has 144 valence electrons. The predicted molar refractivity (Wildman–Crippen MR) is 103 cm³/mol. The van der Waals surface area contributed by atoms with Crippen LogP contribution in [0.5, 0.6) is 0 Å². The fourth-order valence-electron chi connectivity index (χ4n) is 3.45. The molecule has 1 aromatic heterocycles. The number of rotatable bonds is 7. The number of carbonyl (C=O) groups excluding carboxylic acids is 1. The predicted octanol–water partition coefficient (Wildman–Crippen LogP) is 3.43. The molecule has 0 spiro atoms. The van der Waals surface area contributed by atoms with Crippen molar-refractivity contribution in [3.05, 3.63) is 41.4 Å². The van der Waals surface area contributed by atoms with Crippen molar-refractivity contribution in [2.24, 2.45) is 5.92 Å². The van der Waals surface area contributed by atoms with Crippen molar-refractivity contribution >= 4 is 23.3 Å². The van der Waals surface area contributed by atoms with Crippen molar-refractivity contribution < 1.29 is 19.4 Å². The molecule has 2 aromatic rings. The Labute approximate surface area is 162 Å². The number of hydrogen-bond acceptors (Lipinski definition) is 6. The summed E-state index contributed by atoms with van der Waals surface area (Å²) in [4.78, 5) is 30.6. The fourth-order valence-corrected chi connectivity index (χ4v) is 4.29. The van der Waals surface area contributed by atoms with Crippen LogP contribution in [0.25, 0.3) is 10.6 Å². The Hall–Kier alpha value is -2.25. The van der Waals surface area contributed by atoms with Crippen molar-refractivity contribution in [2.45, 2.75) is 51.9 Å². The molecule has 0 bridgehead atoms. The molecule has 1 aliphatic rings. The first-order valence-corrected chi connectivity index (χ1v) is 9.95. The van der Waals surface area contributed by atoms with Crippen LogP contribution in [-0.2, 0) is 20.7 Å². The van der Waals surface area contributed by atoms with Gasteiger partial charge in [-0.15, -0.1) is 11.3 Å². The number of nitrogens with zero attached hydrogens (tertiary/aromatic N) is 2. The maximum absolute atomic E-state index is 12.4. The highest BCUT2D eigenvalue weighted by Crippen LogP contribution is 2.29. The second kappa shape index (κ2) is 8.19. The molecule has 0 saturated carbocycles. The molecule has 1 aliphatic heterocycles. The second-order valence-corrected chi connectivity index (χ2v) is 8.06. The fraction of sp³-hybridized carbons (Fsp3) is 0.450. The average molecular weight is 388 g/mol. The van der Waals surface area contributed by atoms with E-state index in [0.717, 1.165) is 16.3 Å². The SMILES string of the molecule is CC(C)CC(C(=O)O)N1C(C)OC(=O)C1Cc1csc(-c2ccccc2)n1. The van der Waals surface area contributed by atoms with Crippen LogP contribution >= 0.6 is 11.3 Å².